The van der Waals surface area contributed by atoms with E-state index in [0.29, 0.717) is 13.2 Å². The molecule has 0 bridgehead atoms. The van der Waals surface area contributed by atoms with Crippen LogP contribution in [-0.4, -0.2) is 13.2 Å². The van der Waals surface area contributed by atoms with Gasteiger partial charge in [0.15, 0.2) is 6.29 Å². The van der Waals surface area contributed by atoms with Crippen molar-refractivity contribution < 1.29 is 9.47 Å². The molecular weight excluding hydrogens is 332 g/mol. The van der Waals surface area contributed by atoms with Crippen LogP contribution in [0.5, 0.6) is 0 Å². The molecule has 0 atom stereocenters. The predicted octanol–water partition coefficient (Wildman–Crippen LogP) is 5.57. The molecule has 1 spiro atoms. The van der Waals surface area contributed by atoms with Gasteiger partial charge in [0.05, 0.1) is 18.6 Å². The Bertz CT molecular complexity index is 979. The van der Waals surface area contributed by atoms with Crippen molar-refractivity contribution in [1.82, 2.24) is 0 Å². The molecule has 0 aromatic heterocycles. The fourth-order valence-electron chi connectivity index (χ4n) is 4.70. The van der Waals surface area contributed by atoms with Crippen LogP contribution in [0.25, 0.3) is 11.1 Å². The Hall–Kier alpha value is -2.42. The lowest BCUT2D eigenvalue weighted by molar-refractivity contribution is -0.206. The standard InChI is InChI=1S/C25H24O2/c1-3-18-7-6-9-21-20-8-4-5-10-22(20)25(23(18)21)15-26-24(27-16-25)19-13-11-17(2)12-14-19/h4-14,24H,3,15-16H2,1-2H3. The lowest BCUT2D eigenvalue weighted by Gasteiger charge is -2.40. The molecule has 0 N–H and O–H groups in total. The maximum Gasteiger partial charge on any atom is 0.183 e. The van der Waals surface area contributed by atoms with Crippen LogP contribution in [0.4, 0.5) is 0 Å². The van der Waals surface area contributed by atoms with Crippen LogP contribution in [0, 0.1) is 6.92 Å². The van der Waals surface area contributed by atoms with E-state index in [0.717, 1.165) is 12.0 Å². The zero-order valence-corrected chi connectivity index (χ0v) is 15.9. The number of ether oxygens (including phenoxy) is 2. The minimum Gasteiger partial charge on any atom is -0.347 e. The number of hydrogen-bond donors (Lipinski definition) is 0. The summed E-state index contributed by atoms with van der Waals surface area (Å²) < 4.78 is 12.7. The highest BCUT2D eigenvalue weighted by Crippen LogP contribution is 2.53. The predicted molar refractivity (Wildman–Crippen MR) is 108 cm³/mol. The summed E-state index contributed by atoms with van der Waals surface area (Å²) in [6.07, 6.45) is 0.724. The average Bonchev–Trinajstić information content (AvgIpc) is 3.00. The molecule has 1 saturated heterocycles. The van der Waals surface area contributed by atoms with E-state index < -0.39 is 0 Å². The quantitative estimate of drug-likeness (QED) is 0.598. The summed E-state index contributed by atoms with van der Waals surface area (Å²) in [5.74, 6) is 0. The summed E-state index contributed by atoms with van der Waals surface area (Å²) in [5, 5.41) is 0. The van der Waals surface area contributed by atoms with Gasteiger partial charge in [0, 0.05) is 5.56 Å². The summed E-state index contributed by atoms with van der Waals surface area (Å²) in [6, 6.07) is 23.8. The smallest absolute Gasteiger partial charge is 0.183 e. The Morgan fingerprint density at radius 2 is 1.56 bits per heavy atom. The molecule has 2 aliphatic rings. The molecule has 27 heavy (non-hydrogen) atoms. The lowest BCUT2D eigenvalue weighted by Crippen LogP contribution is -2.42. The maximum atomic E-state index is 6.33. The molecule has 0 saturated carbocycles. The van der Waals surface area contributed by atoms with E-state index in [1.54, 1.807) is 0 Å². The van der Waals surface area contributed by atoms with Crippen LogP contribution in [0.1, 0.15) is 41.0 Å². The first-order chi connectivity index (χ1) is 13.2. The van der Waals surface area contributed by atoms with E-state index in [1.165, 1.54) is 33.4 Å². The average molecular weight is 356 g/mol. The van der Waals surface area contributed by atoms with Crippen molar-refractivity contribution >= 4 is 0 Å². The van der Waals surface area contributed by atoms with Gasteiger partial charge in [-0.05, 0) is 41.2 Å². The van der Waals surface area contributed by atoms with Gasteiger partial charge in [0.2, 0.25) is 0 Å². The van der Waals surface area contributed by atoms with Gasteiger partial charge >= 0.3 is 0 Å². The highest BCUT2D eigenvalue weighted by atomic mass is 16.7. The molecular formula is C25H24O2. The Morgan fingerprint density at radius 1 is 0.852 bits per heavy atom. The van der Waals surface area contributed by atoms with Crippen LogP contribution < -0.4 is 0 Å². The first kappa shape index (κ1) is 16.7. The molecule has 0 unspecified atom stereocenters. The third-order valence-corrected chi connectivity index (χ3v) is 6.05. The highest BCUT2D eigenvalue weighted by Gasteiger charge is 2.48. The van der Waals surface area contributed by atoms with Crippen molar-refractivity contribution in [3.8, 4) is 11.1 Å². The van der Waals surface area contributed by atoms with Crippen LogP contribution >= 0.6 is 0 Å². The summed E-state index contributed by atoms with van der Waals surface area (Å²) >= 11 is 0. The van der Waals surface area contributed by atoms with E-state index in [1.807, 2.05) is 0 Å². The lowest BCUT2D eigenvalue weighted by atomic mass is 9.76. The fourth-order valence-corrected chi connectivity index (χ4v) is 4.70. The van der Waals surface area contributed by atoms with Crippen molar-refractivity contribution in [2.24, 2.45) is 0 Å². The fraction of sp³-hybridized carbons (Fsp3) is 0.280. The van der Waals surface area contributed by atoms with E-state index >= 15 is 0 Å². The Morgan fingerprint density at radius 3 is 2.30 bits per heavy atom. The Balaban J connectivity index is 1.56. The monoisotopic (exact) mass is 356 g/mol. The van der Waals surface area contributed by atoms with E-state index in [4.69, 9.17) is 9.47 Å². The van der Waals surface area contributed by atoms with Crippen LogP contribution in [0.2, 0.25) is 0 Å². The largest absolute Gasteiger partial charge is 0.347 e. The van der Waals surface area contributed by atoms with E-state index in [-0.39, 0.29) is 11.7 Å². The molecule has 136 valence electrons. The molecule has 1 heterocycles. The maximum absolute atomic E-state index is 6.33. The number of fused-ring (bicyclic) bond motifs is 5. The van der Waals surface area contributed by atoms with Crippen molar-refractivity contribution in [2.75, 3.05) is 13.2 Å². The van der Waals surface area contributed by atoms with Gasteiger partial charge in [-0.2, -0.15) is 0 Å². The van der Waals surface area contributed by atoms with Crippen molar-refractivity contribution in [2.45, 2.75) is 32.0 Å². The van der Waals surface area contributed by atoms with Crippen LogP contribution in [-0.2, 0) is 21.3 Å². The SMILES string of the molecule is CCc1cccc2c1C1(COC(c3ccc(C)cc3)OC1)c1ccccc1-2. The third kappa shape index (κ3) is 2.48. The number of hydrogen-bond acceptors (Lipinski definition) is 2. The second-order valence-corrected chi connectivity index (χ2v) is 7.69. The highest BCUT2D eigenvalue weighted by molar-refractivity contribution is 5.82. The molecule has 2 nitrogen and oxygen atoms in total. The molecule has 1 aliphatic carbocycles. The van der Waals surface area contributed by atoms with E-state index in [9.17, 15) is 0 Å². The van der Waals surface area contributed by atoms with Crippen molar-refractivity contribution in [1.29, 1.82) is 0 Å². The summed E-state index contributed by atoms with van der Waals surface area (Å²) in [5.41, 5.74) is 8.92. The van der Waals surface area contributed by atoms with Gasteiger partial charge in [-0.15, -0.1) is 0 Å². The topological polar surface area (TPSA) is 18.5 Å². The molecule has 1 fully saturated rings. The third-order valence-electron chi connectivity index (χ3n) is 6.05. The summed E-state index contributed by atoms with van der Waals surface area (Å²) in [7, 11) is 0. The van der Waals surface area contributed by atoms with E-state index in [2.05, 4.69) is 80.6 Å². The van der Waals surface area contributed by atoms with Gasteiger partial charge in [-0.1, -0.05) is 79.2 Å². The first-order valence-electron chi connectivity index (χ1n) is 9.75. The number of aryl methyl sites for hydroxylation is 2. The van der Waals surface area contributed by atoms with Gasteiger partial charge in [0.25, 0.3) is 0 Å². The molecule has 5 rings (SSSR count). The minimum absolute atomic E-state index is 0.209. The zero-order chi connectivity index (χ0) is 18.4. The van der Waals surface area contributed by atoms with Gasteiger partial charge in [-0.3, -0.25) is 0 Å². The first-order valence-corrected chi connectivity index (χ1v) is 9.75. The zero-order valence-electron chi connectivity index (χ0n) is 15.9. The van der Waals surface area contributed by atoms with Gasteiger partial charge < -0.3 is 9.47 Å². The van der Waals surface area contributed by atoms with Crippen LogP contribution in [0.15, 0.2) is 66.7 Å². The van der Waals surface area contributed by atoms with Gasteiger partial charge in [-0.25, -0.2) is 0 Å². The number of rotatable bonds is 2. The summed E-state index contributed by atoms with van der Waals surface area (Å²) in [4.78, 5) is 0. The van der Waals surface area contributed by atoms with Crippen molar-refractivity contribution in [3.05, 3.63) is 94.5 Å². The second-order valence-electron chi connectivity index (χ2n) is 7.69. The molecule has 0 amide bonds. The number of benzene rings is 3. The Labute approximate surface area is 160 Å². The van der Waals surface area contributed by atoms with Crippen molar-refractivity contribution in [3.63, 3.8) is 0 Å². The molecule has 0 radical (unpaired) electrons. The Kier molecular flexibility index (Phi) is 3.92. The summed E-state index contributed by atoms with van der Waals surface area (Å²) in [6.45, 7) is 5.62. The minimum atomic E-state index is -0.291. The normalized spacial score (nSPS) is 23.3. The molecule has 3 aromatic carbocycles. The molecule has 3 aromatic rings. The van der Waals surface area contributed by atoms with Gasteiger partial charge in [0.1, 0.15) is 0 Å². The molecule has 2 heteroatoms. The molecule has 1 aliphatic heterocycles. The second kappa shape index (κ2) is 6.33. The van der Waals surface area contributed by atoms with Crippen LogP contribution in [0.3, 0.4) is 0 Å².